The van der Waals surface area contributed by atoms with Crippen molar-refractivity contribution >= 4 is 22.7 Å². The zero-order valence-electron chi connectivity index (χ0n) is 13.4. The maximum Gasteiger partial charge on any atom is 0.245 e. The van der Waals surface area contributed by atoms with E-state index in [4.69, 9.17) is 0 Å². The SMILES string of the molecule is O=C1[C@H]2C[C@@H](O)CCN2C(=O)CN1CCc1c[nH]c2ccccc12. The summed E-state index contributed by atoms with van der Waals surface area (Å²) in [6.45, 7) is 1.15. The van der Waals surface area contributed by atoms with Gasteiger partial charge in [0.1, 0.15) is 6.04 Å². The van der Waals surface area contributed by atoms with Crippen LogP contribution in [0.5, 0.6) is 0 Å². The van der Waals surface area contributed by atoms with E-state index >= 15 is 0 Å². The smallest absolute Gasteiger partial charge is 0.245 e. The molecule has 1 aromatic carbocycles. The van der Waals surface area contributed by atoms with E-state index in [2.05, 4.69) is 11.1 Å². The van der Waals surface area contributed by atoms with Crippen molar-refractivity contribution in [2.75, 3.05) is 19.6 Å². The molecule has 0 aliphatic carbocycles. The van der Waals surface area contributed by atoms with Crippen molar-refractivity contribution in [3.05, 3.63) is 36.0 Å². The highest BCUT2D eigenvalue weighted by atomic mass is 16.3. The molecule has 2 fully saturated rings. The number of nitrogens with one attached hydrogen (secondary N) is 1. The fraction of sp³-hybridized carbons (Fsp3) is 0.444. The fourth-order valence-electron chi connectivity index (χ4n) is 3.81. The maximum atomic E-state index is 12.7. The minimum absolute atomic E-state index is 0.00886. The molecule has 1 aromatic heterocycles. The van der Waals surface area contributed by atoms with E-state index < -0.39 is 12.1 Å². The predicted octanol–water partition coefficient (Wildman–Crippen LogP) is 0.904. The first kappa shape index (κ1) is 15.2. The van der Waals surface area contributed by atoms with Gasteiger partial charge in [0, 0.05) is 36.6 Å². The van der Waals surface area contributed by atoms with Crippen LogP contribution in [0.15, 0.2) is 30.5 Å². The fourth-order valence-corrected chi connectivity index (χ4v) is 3.81. The van der Waals surface area contributed by atoms with Crippen LogP contribution >= 0.6 is 0 Å². The lowest BCUT2D eigenvalue weighted by Crippen LogP contribution is -2.63. The number of carbonyl (C=O) groups is 2. The molecule has 6 heteroatoms. The molecule has 0 radical (unpaired) electrons. The molecular formula is C18H21N3O3. The molecule has 0 spiro atoms. The molecule has 2 N–H and O–H groups in total. The Labute approximate surface area is 140 Å². The third-order valence-corrected chi connectivity index (χ3v) is 5.14. The zero-order valence-corrected chi connectivity index (χ0v) is 13.4. The lowest BCUT2D eigenvalue weighted by atomic mass is 9.96. The van der Waals surface area contributed by atoms with Gasteiger partial charge in [-0.2, -0.15) is 0 Å². The topological polar surface area (TPSA) is 76.6 Å². The Morgan fingerprint density at radius 2 is 2.08 bits per heavy atom. The molecule has 0 saturated carbocycles. The summed E-state index contributed by atoms with van der Waals surface area (Å²) in [6.07, 6.45) is 3.10. The Hall–Kier alpha value is -2.34. The van der Waals surface area contributed by atoms with Gasteiger partial charge in [-0.3, -0.25) is 9.59 Å². The molecule has 2 atom stereocenters. The number of nitrogens with zero attached hydrogens (tertiary/aromatic N) is 2. The number of hydrogen-bond acceptors (Lipinski definition) is 3. The minimum atomic E-state index is -0.489. The summed E-state index contributed by atoms with van der Waals surface area (Å²) < 4.78 is 0. The second-order valence-electron chi connectivity index (χ2n) is 6.65. The summed E-state index contributed by atoms with van der Waals surface area (Å²) >= 11 is 0. The monoisotopic (exact) mass is 327 g/mol. The van der Waals surface area contributed by atoms with E-state index in [0.717, 1.165) is 16.5 Å². The largest absolute Gasteiger partial charge is 0.393 e. The number of carbonyl (C=O) groups excluding carboxylic acids is 2. The number of amides is 2. The number of para-hydroxylation sites is 1. The minimum Gasteiger partial charge on any atom is -0.393 e. The second kappa shape index (κ2) is 5.94. The zero-order chi connectivity index (χ0) is 16.7. The third kappa shape index (κ3) is 2.57. The van der Waals surface area contributed by atoms with E-state index in [1.807, 2.05) is 24.4 Å². The normalized spacial score (nSPS) is 24.5. The molecular weight excluding hydrogens is 306 g/mol. The summed E-state index contributed by atoms with van der Waals surface area (Å²) in [4.78, 5) is 31.5. The van der Waals surface area contributed by atoms with Crippen LogP contribution in [-0.2, 0) is 16.0 Å². The molecule has 24 heavy (non-hydrogen) atoms. The second-order valence-corrected chi connectivity index (χ2v) is 6.65. The molecule has 0 bridgehead atoms. The van der Waals surface area contributed by atoms with Crippen molar-refractivity contribution in [1.82, 2.24) is 14.8 Å². The summed E-state index contributed by atoms with van der Waals surface area (Å²) in [7, 11) is 0. The van der Waals surface area contributed by atoms with Gasteiger partial charge in [0.15, 0.2) is 0 Å². The molecule has 4 rings (SSSR count). The number of rotatable bonds is 3. The molecule has 2 saturated heterocycles. The van der Waals surface area contributed by atoms with Crippen LogP contribution < -0.4 is 0 Å². The van der Waals surface area contributed by atoms with E-state index in [1.165, 1.54) is 0 Å². The number of piperazine rings is 1. The number of fused-ring (bicyclic) bond motifs is 2. The third-order valence-electron chi connectivity index (χ3n) is 5.14. The van der Waals surface area contributed by atoms with Gasteiger partial charge < -0.3 is 19.9 Å². The standard InChI is InChI=1S/C18H21N3O3/c22-13-6-8-21-16(9-13)18(24)20(11-17(21)23)7-5-12-10-19-15-4-2-1-3-14(12)15/h1-4,10,13,16,19,22H,5-9,11H2/t13-,16+/m0/s1. The molecule has 0 unspecified atom stereocenters. The first-order valence-electron chi connectivity index (χ1n) is 8.45. The van der Waals surface area contributed by atoms with E-state index in [-0.39, 0.29) is 18.4 Å². The lowest BCUT2D eigenvalue weighted by molar-refractivity contribution is -0.160. The van der Waals surface area contributed by atoms with Crippen molar-refractivity contribution in [1.29, 1.82) is 0 Å². The number of aromatic amines is 1. The van der Waals surface area contributed by atoms with Crippen LogP contribution in [0.2, 0.25) is 0 Å². The van der Waals surface area contributed by atoms with Crippen molar-refractivity contribution in [2.24, 2.45) is 0 Å². The van der Waals surface area contributed by atoms with Crippen LogP contribution in [0.4, 0.5) is 0 Å². The molecule has 3 heterocycles. The van der Waals surface area contributed by atoms with Crippen LogP contribution in [-0.4, -0.2) is 63.5 Å². The van der Waals surface area contributed by atoms with E-state index in [1.54, 1.807) is 9.80 Å². The van der Waals surface area contributed by atoms with Gasteiger partial charge in [0.05, 0.1) is 12.6 Å². The van der Waals surface area contributed by atoms with Gasteiger partial charge >= 0.3 is 0 Å². The van der Waals surface area contributed by atoms with Gasteiger partial charge in [-0.1, -0.05) is 18.2 Å². The molecule has 6 nitrogen and oxygen atoms in total. The Morgan fingerprint density at radius 3 is 2.96 bits per heavy atom. The molecule has 2 amide bonds. The summed E-state index contributed by atoms with van der Waals surface area (Å²) in [5.41, 5.74) is 2.23. The Balaban J connectivity index is 1.48. The highest BCUT2D eigenvalue weighted by Crippen LogP contribution is 2.24. The summed E-state index contributed by atoms with van der Waals surface area (Å²) in [6, 6.07) is 7.58. The number of hydrogen-bond donors (Lipinski definition) is 2. The number of aliphatic hydroxyl groups excluding tert-OH is 1. The quantitative estimate of drug-likeness (QED) is 0.879. The summed E-state index contributed by atoms with van der Waals surface area (Å²) in [5, 5.41) is 11.0. The molecule has 2 aliphatic heterocycles. The van der Waals surface area contributed by atoms with Crippen LogP contribution in [0, 0.1) is 0 Å². The first-order chi connectivity index (χ1) is 11.6. The van der Waals surface area contributed by atoms with Crippen LogP contribution in [0.3, 0.4) is 0 Å². The van der Waals surface area contributed by atoms with Crippen molar-refractivity contribution in [3.8, 4) is 0 Å². The number of aromatic nitrogens is 1. The molecule has 2 aromatic rings. The number of H-pyrrole nitrogens is 1. The van der Waals surface area contributed by atoms with Gasteiger partial charge in [-0.05, 0) is 24.5 Å². The maximum absolute atomic E-state index is 12.7. The lowest BCUT2D eigenvalue weighted by Gasteiger charge is -2.44. The van der Waals surface area contributed by atoms with E-state index in [9.17, 15) is 14.7 Å². The van der Waals surface area contributed by atoms with Crippen LogP contribution in [0.1, 0.15) is 18.4 Å². The van der Waals surface area contributed by atoms with Crippen molar-refractivity contribution < 1.29 is 14.7 Å². The number of benzene rings is 1. The van der Waals surface area contributed by atoms with E-state index in [0.29, 0.717) is 32.4 Å². The average Bonchev–Trinajstić information content (AvgIpc) is 3.00. The predicted molar refractivity (Wildman–Crippen MR) is 89.3 cm³/mol. The van der Waals surface area contributed by atoms with Crippen LogP contribution in [0.25, 0.3) is 10.9 Å². The average molecular weight is 327 g/mol. The van der Waals surface area contributed by atoms with Crippen molar-refractivity contribution in [3.63, 3.8) is 0 Å². The number of aliphatic hydroxyl groups is 1. The Bertz CT molecular complexity index is 785. The highest BCUT2D eigenvalue weighted by Gasteiger charge is 2.42. The Kier molecular flexibility index (Phi) is 3.76. The van der Waals surface area contributed by atoms with Gasteiger partial charge in [-0.15, -0.1) is 0 Å². The first-order valence-corrected chi connectivity index (χ1v) is 8.45. The number of piperidine rings is 1. The molecule has 126 valence electrons. The van der Waals surface area contributed by atoms with Gasteiger partial charge in [0.2, 0.25) is 11.8 Å². The van der Waals surface area contributed by atoms with Crippen molar-refractivity contribution in [2.45, 2.75) is 31.4 Å². The molecule has 2 aliphatic rings. The van der Waals surface area contributed by atoms with Gasteiger partial charge in [0.25, 0.3) is 0 Å². The highest BCUT2D eigenvalue weighted by molar-refractivity contribution is 5.95. The van der Waals surface area contributed by atoms with Gasteiger partial charge in [-0.25, -0.2) is 0 Å². The Morgan fingerprint density at radius 1 is 1.25 bits per heavy atom. The summed E-state index contributed by atoms with van der Waals surface area (Å²) in [5.74, 6) is -0.0429.